The molecule has 0 bridgehead atoms. The minimum atomic E-state index is -4.65. The van der Waals surface area contributed by atoms with Gasteiger partial charge in [-0.2, -0.15) is 13.2 Å². The Labute approximate surface area is 237 Å². The molecule has 2 aromatic carbocycles. The van der Waals surface area contributed by atoms with Gasteiger partial charge in [0.1, 0.15) is 6.04 Å². The summed E-state index contributed by atoms with van der Waals surface area (Å²) in [6, 6.07) is 7.74. The van der Waals surface area contributed by atoms with Gasteiger partial charge in [0.05, 0.1) is 17.5 Å². The number of hydrogen-bond acceptors (Lipinski definition) is 4. The summed E-state index contributed by atoms with van der Waals surface area (Å²) in [5.74, 6) is -0.824. The van der Waals surface area contributed by atoms with E-state index in [2.05, 4.69) is 5.32 Å². The van der Waals surface area contributed by atoms with Gasteiger partial charge in [0.2, 0.25) is 21.8 Å². The first kappa shape index (κ1) is 32.7. The first-order valence-electron chi connectivity index (χ1n) is 12.2. The molecule has 0 aliphatic carbocycles. The first-order chi connectivity index (χ1) is 18.0. The number of rotatable bonds is 12. The highest BCUT2D eigenvalue weighted by molar-refractivity contribution is 7.92. The molecular weight excluding hydrogens is 578 g/mol. The fourth-order valence-electron chi connectivity index (χ4n) is 3.72. The van der Waals surface area contributed by atoms with Gasteiger partial charge in [0.15, 0.2) is 0 Å². The highest BCUT2D eigenvalue weighted by Crippen LogP contribution is 2.32. The number of nitrogens with zero attached hydrogens (tertiary/aromatic N) is 2. The van der Waals surface area contributed by atoms with Gasteiger partial charge >= 0.3 is 6.18 Å². The summed E-state index contributed by atoms with van der Waals surface area (Å²) in [6.07, 6.45) is -3.26. The van der Waals surface area contributed by atoms with Crippen LogP contribution in [0.3, 0.4) is 0 Å². The molecule has 0 saturated heterocycles. The summed E-state index contributed by atoms with van der Waals surface area (Å²) in [5.41, 5.74) is -0.595. The van der Waals surface area contributed by atoms with Crippen molar-refractivity contribution in [3.05, 3.63) is 63.6 Å². The van der Waals surface area contributed by atoms with E-state index in [4.69, 9.17) is 23.2 Å². The molecular formula is C26H32Cl2F3N3O4S. The predicted molar refractivity (Wildman–Crippen MR) is 147 cm³/mol. The number of halogens is 5. The molecule has 2 rings (SSSR count). The zero-order chi connectivity index (χ0) is 29.5. The van der Waals surface area contributed by atoms with Crippen molar-refractivity contribution in [2.45, 2.75) is 64.8 Å². The standard InChI is InChI=1S/C26H32Cl2F3N3O4S/c1-5-17(2)32-25(36)18(3)33(16-19-11-12-21(27)15-23(19)28)24(35)10-7-13-34(39(4,37)38)22-9-6-8-20(14-22)26(29,30)31/h6,8-9,11-12,14-15,17-18H,5,7,10,13,16H2,1-4H3,(H,32,36)/t17-,18-/m1/s1. The minimum absolute atomic E-state index is 0.00660. The molecule has 0 aromatic heterocycles. The third-order valence-corrected chi connectivity index (χ3v) is 7.92. The summed E-state index contributed by atoms with van der Waals surface area (Å²) < 4.78 is 65.2. The maximum Gasteiger partial charge on any atom is 0.416 e. The first-order valence-corrected chi connectivity index (χ1v) is 14.8. The Balaban J connectivity index is 2.25. The summed E-state index contributed by atoms with van der Waals surface area (Å²) >= 11 is 12.3. The molecule has 216 valence electrons. The van der Waals surface area contributed by atoms with Crippen LogP contribution in [-0.2, 0) is 32.3 Å². The average molecular weight is 611 g/mol. The van der Waals surface area contributed by atoms with Crippen LogP contribution >= 0.6 is 23.2 Å². The minimum Gasteiger partial charge on any atom is -0.352 e. The lowest BCUT2D eigenvalue weighted by Crippen LogP contribution is -2.49. The summed E-state index contributed by atoms with van der Waals surface area (Å²) in [6.45, 7) is 5.07. The van der Waals surface area contributed by atoms with Crippen LogP contribution in [0.1, 0.15) is 51.2 Å². The van der Waals surface area contributed by atoms with Gasteiger partial charge in [-0.1, -0.05) is 42.3 Å². The van der Waals surface area contributed by atoms with E-state index >= 15 is 0 Å². The molecule has 2 atom stereocenters. The van der Waals surface area contributed by atoms with Crippen molar-refractivity contribution >= 4 is 50.7 Å². The van der Waals surface area contributed by atoms with Crippen LogP contribution in [0.25, 0.3) is 0 Å². The lowest BCUT2D eigenvalue weighted by Gasteiger charge is -2.30. The van der Waals surface area contributed by atoms with Gasteiger partial charge in [-0.05, 0) is 62.6 Å². The molecule has 0 radical (unpaired) electrons. The molecule has 1 N–H and O–H groups in total. The molecule has 0 aliphatic rings. The predicted octanol–water partition coefficient (Wildman–Crippen LogP) is 5.89. The highest BCUT2D eigenvalue weighted by atomic mass is 35.5. The van der Waals surface area contributed by atoms with Gasteiger partial charge in [-0.25, -0.2) is 8.42 Å². The Morgan fingerprint density at radius 1 is 1.08 bits per heavy atom. The normalized spacial score (nSPS) is 13.5. The van der Waals surface area contributed by atoms with Crippen LogP contribution < -0.4 is 9.62 Å². The van der Waals surface area contributed by atoms with Crippen molar-refractivity contribution in [1.29, 1.82) is 0 Å². The number of hydrogen-bond donors (Lipinski definition) is 1. The van der Waals surface area contributed by atoms with Crippen LogP contribution in [0.2, 0.25) is 10.0 Å². The van der Waals surface area contributed by atoms with Crippen molar-refractivity contribution < 1.29 is 31.2 Å². The molecule has 39 heavy (non-hydrogen) atoms. The fourth-order valence-corrected chi connectivity index (χ4v) is 5.15. The monoisotopic (exact) mass is 609 g/mol. The van der Waals surface area contributed by atoms with Crippen LogP contribution in [0.4, 0.5) is 18.9 Å². The molecule has 0 saturated carbocycles. The summed E-state index contributed by atoms with van der Waals surface area (Å²) in [7, 11) is -3.96. The number of nitrogens with one attached hydrogen (secondary N) is 1. The van der Waals surface area contributed by atoms with Crippen LogP contribution in [0.15, 0.2) is 42.5 Å². The zero-order valence-corrected chi connectivity index (χ0v) is 24.4. The van der Waals surface area contributed by atoms with Crippen LogP contribution in [-0.4, -0.2) is 50.0 Å². The van der Waals surface area contributed by atoms with E-state index in [1.54, 1.807) is 19.1 Å². The number of benzene rings is 2. The Bertz CT molecular complexity index is 1280. The quantitative estimate of drug-likeness (QED) is 0.325. The smallest absolute Gasteiger partial charge is 0.352 e. The maximum atomic E-state index is 13.3. The number of anilines is 1. The summed E-state index contributed by atoms with van der Waals surface area (Å²) in [4.78, 5) is 27.5. The molecule has 0 spiro atoms. The topological polar surface area (TPSA) is 86.8 Å². The molecule has 7 nitrogen and oxygen atoms in total. The van der Waals surface area contributed by atoms with E-state index in [1.807, 2.05) is 13.8 Å². The SMILES string of the molecule is CC[C@@H](C)NC(=O)[C@@H](C)N(Cc1ccc(Cl)cc1Cl)C(=O)CCCN(c1cccc(C(F)(F)F)c1)S(C)(=O)=O. The van der Waals surface area contributed by atoms with Gasteiger partial charge in [0, 0.05) is 35.6 Å². The van der Waals surface area contributed by atoms with Gasteiger partial charge < -0.3 is 10.2 Å². The molecule has 0 unspecified atom stereocenters. The van der Waals surface area contributed by atoms with E-state index in [1.165, 1.54) is 17.0 Å². The third kappa shape index (κ3) is 9.58. The van der Waals surface area contributed by atoms with Gasteiger partial charge in [-0.3, -0.25) is 13.9 Å². The Kier molecular flexibility index (Phi) is 11.5. The van der Waals surface area contributed by atoms with Crippen molar-refractivity contribution in [1.82, 2.24) is 10.2 Å². The van der Waals surface area contributed by atoms with Crippen molar-refractivity contribution in [3.63, 3.8) is 0 Å². The van der Waals surface area contributed by atoms with E-state index in [9.17, 15) is 31.2 Å². The number of amides is 2. The number of carbonyl (C=O) groups excluding carboxylic acids is 2. The Morgan fingerprint density at radius 3 is 2.31 bits per heavy atom. The van der Waals surface area contributed by atoms with Gasteiger partial charge in [0.25, 0.3) is 0 Å². The van der Waals surface area contributed by atoms with E-state index in [-0.39, 0.29) is 43.6 Å². The van der Waals surface area contributed by atoms with E-state index in [0.29, 0.717) is 22.0 Å². The molecule has 0 aliphatic heterocycles. The average Bonchev–Trinajstić information content (AvgIpc) is 2.84. The lowest BCUT2D eigenvalue weighted by atomic mass is 10.1. The Morgan fingerprint density at radius 2 is 1.74 bits per heavy atom. The molecule has 2 amide bonds. The second kappa shape index (κ2) is 13.7. The maximum absolute atomic E-state index is 13.3. The molecule has 0 heterocycles. The van der Waals surface area contributed by atoms with E-state index < -0.39 is 33.7 Å². The largest absolute Gasteiger partial charge is 0.416 e. The molecule has 2 aromatic rings. The van der Waals surface area contributed by atoms with Crippen molar-refractivity contribution in [2.75, 3.05) is 17.1 Å². The Hall–Kier alpha value is -2.50. The lowest BCUT2D eigenvalue weighted by molar-refractivity contribution is -0.140. The van der Waals surface area contributed by atoms with Crippen molar-refractivity contribution in [2.24, 2.45) is 0 Å². The summed E-state index contributed by atoms with van der Waals surface area (Å²) in [5, 5.41) is 3.55. The third-order valence-electron chi connectivity index (χ3n) is 6.14. The number of alkyl halides is 3. The second-order valence-corrected chi connectivity index (χ2v) is 12.0. The van der Waals surface area contributed by atoms with E-state index in [0.717, 1.165) is 28.8 Å². The van der Waals surface area contributed by atoms with Crippen LogP contribution in [0.5, 0.6) is 0 Å². The van der Waals surface area contributed by atoms with Gasteiger partial charge in [-0.15, -0.1) is 0 Å². The number of sulfonamides is 1. The number of carbonyl (C=O) groups is 2. The second-order valence-electron chi connectivity index (χ2n) is 9.24. The molecule has 0 fully saturated rings. The highest BCUT2D eigenvalue weighted by Gasteiger charge is 2.32. The molecule has 13 heteroatoms. The van der Waals surface area contributed by atoms with Crippen LogP contribution in [0, 0.1) is 0 Å². The fraction of sp³-hybridized carbons (Fsp3) is 0.462. The van der Waals surface area contributed by atoms with Crippen molar-refractivity contribution in [3.8, 4) is 0 Å². The zero-order valence-electron chi connectivity index (χ0n) is 22.1.